The molecule has 0 spiro atoms. The molecule has 0 bridgehead atoms. The molecule has 5 rings (SSSR count). The predicted molar refractivity (Wildman–Crippen MR) is 103 cm³/mol. The molecule has 1 saturated heterocycles. The zero-order valence-corrected chi connectivity index (χ0v) is 15.1. The number of benzene rings is 1. The minimum Gasteiger partial charge on any atom is -0.370 e. The molecule has 0 amide bonds. The van der Waals surface area contributed by atoms with Crippen LogP contribution >= 0.6 is 0 Å². The van der Waals surface area contributed by atoms with Crippen molar-refractivity contribution in [3.63, 3.8) is 0 Å². The topological polar surface area (TPSA) is 68.4 Å². The highest BCUT2D eigenvalue weighted by Crippen LogP contribution is 2.26. The number of nitrogens with zero attached hydrogens (tertiary/aromatic N) is 6. The molecule has 3 aromatic heterocycles. The quantitative estimate of drug-likeness (QED) is 0.557. The van der Waals surface area contributed by atoms with Crippen LogP contribution in [0.1, 0.15) is 17.9 Å². The third-order valence-electron chi connectivity index (χ3n) is 4.89. The first kappa shape index (κ1) is 16.1. The second kappa shape index (κ2) is 6.59. The lowest BCUT2D eigenvalue weighted by atomic mass is 10.2. The summed E-state index contributed by atoms with van der Waals surface area (Å²) in [5.74, 6) is 1.57. The van der Waals surface area contributed by atoms with Crippen molar-refractivity contribution in [2.75, 3.05) is 18.0 Å². The van der Waals surface area contributed by atoms with E-state index in [1.54, 1.807) is 6.20 Å². The molecule has 0 saturated carbocycles. The number of ether oxygens (including phenoxy) is 1. The van der Waals surface area contributed by atoms with Crippen molar-refractivity contribution in [1.82, 2.24) is 24.6 Å². The van der Waals surface area contributed by atoms with Gasteiger partial charge in [0.25, 0.3) is 0 Å². The van der Waals surface area contributed by atoms with Crippen molar-refractivity contribution >= 4 is 22.5 Å². The minimum absolute atomic E-state index is 0.153. The second-order valence-corrected chi connectivity index (χ2v) is 6.81. The Kier molecular flexibility index (Phi) is 3.94. The number of hydrogen-bond donors (Lipinski definition) is 0. The van der Waals surface area contributed by atoms with Crippen LogP contribution in [-0.4, -0.2) is 43.8 Å². The Morgan fingerprint density at radius 3 is 2.89 bits per heavy atom. The molecule has 1 aromatic carbocycles. The highest BCUT2D eigenvalue weighted by atomic mass is 16.5. The maximum atomic E-state index is 6.07. The molecule has 0 radical (unpaired) electrons. The predicted octanol–water partition coefficient (Wildman–Crippen LogP) is 2.78. The van der Waals surface area contributed by atoms with E-state index in [2.05, 4.69) is 20.0 Å². The van der Waals surface area contributed by atoms with E-state index in [4.69, 9.17) is 9.72 Å². The molecule has 7 nitrogen and oxygen atoms in total. The van der Waals surface area contributed by atoms with Crippen molar-refractivity contribution in [3.8, 4) is 0 Å². The number of fused-ring (bicyclic) bond motifs is 3. The van der Waals surface area contributed by atoms with Gasteiger partial charge in [-0.1, -0.05) is 18.2 Å². The van der Waals surface area contributed by atoms with Crippen molar-refractivity contribution in [2.24, 2.45) is 0 Å². The highest BCUT2D eigenvalue weighted by molar-refractivity contribution is 5.92. The van der Waals surface area contributed by atoms with Gasteiger partial charge in [0.2, 0.25) is 5.95 Å². The van der Waals surface area contributed by atoms with Crippen molar-refractivity contribution in [3.05, 3.63) is 60.2 Å². The summed E-state index contributed by atoms with van der Waals surface area (Å²) >= 11 is 0. The van der Waals surface area contributed by atoms with Gasteiger partial charge in [0.15, 0.2) is 5.65 Å². The van der Waals surface area contributed by atoms with E-state index >= 15 is 0 Å². The van der Waals surface area contributed by atoms with Crippen LogP contribution in [0.3, 0.4) is 0 Å². The lowest BCUT2D eigenvalue weighted by Crippen LogP contribution is -2.26. The van der Waals surface area contributed by atoms with E-state index in [0.717, 1.165) is 53.5 Å². The van der Waals surface area contributed by atoms with Crippen LogP contribution in [0.2, 0.25) is 0 Å². The van der Waals surface area contributed by atoms with Crippen molar-refractivity contribution in [2.45, 2.75) is 26.1 Å². The van der Waals surface area contributed by atoms with Crippen LogP contribution in [0.4, 0.5) is 5.95 Å². The van der Waals surface area contributed by atoms with Gasteiger partial charge in [0.1, 0.15) is 5.82 Å². The minimum atomic E-state index is 0.153. The first-order chi connectivity index (χ1) is 13.3. The monoisotopic (exact) mass is 360 g/mol. The standard InChI is InChI=1S/C20H20N6O/c1-14-22-19-17-7-2-3-8-18(17)23-20(26(19)24-14)25-11-9-16(12-25)27-13-15-6-4-5-10-21-15/h2-8,10,16H,9,11-13H2,1H3. The van der Waals surface area contributed by atoms with Gasteiger partial charge in [0, 0.05) is 24.7 Å². The molecule has 1 atom stereocenters. The van der Waals surface area contributed by atoms with Crippen LogP contribution in [0, 0.1) is 6.92 Å². The third kappa shape index (κ3) is 3.00. The van der Waals surface area contributed by atoms with Crippen LogP contribution < -0.4 is 4.90 Å². The Morgan fingerprint density at radius 2 is 2.00 bits per heavy atom. The SMILES string of the molecule is Cc1nc2c3ccccc3nc(N3CCC(OCc4ccccn4)C3)n2n1. The Bertz CT molecular complexity index is 1090. The fraction of sp³-hybridized carbons (Fsp3) is 0.300. The number of aromatic nitrogens is 5. The van der Waals surface area contributed by atoms with Gasteiger partial charge in [0.05, 0.1) is 23.9 Å². The number of hydrogen-bond acceptors (Lipinski definition) is 6. The molecule has 1 fully saturated rings. The summed E-state index contributed by atoms with van der Waals surface area (Å²) in [5, 5.41) is 5.59. The zero-order valence-electron chi connectivity index (χ0n) is 15.1. The van der Waals surface area contributed by atoms with Crippen LogP contribution in [0.25, 0.3) is 16.6 Å². The lowest BCUT2D eigenvalue weighted by molar-refractivity contribution is 0.0533. The molecule has 136 valence electrons. The fourth-order valence-corrected chi connectivity index (χ4v) is 3.58. The Labute approximate surface area is 156 Å². The van der Waals surface area contributed by atoms with Gasteiger partial charge in [-0.15, -0.1) is 5.10 Å². The first-order valence-corrected chi connectivity index (χ1v) is 9.16. The summed E-state index contributed by atoms with van der Waals surface area (Å²) in [6.07, 6.45) is 2.90. The summed E-state index contributed by atoms with van der Waals surface area (Å²) in [6, 6.07) is 13.9. The summed E-state index contributed by atoms with van der Waals surface area (Å²) in [6.45, 7) is 4.11. The smallest absolute Gasteiger partial charge is 0.229 e. The first-order valence-electron chi connectivity index (χ1n) is 9.16. The molecule has 27 heavy (non-hydrogen) atoms. The molecule has 0 N–H and O–H groups in total. The number of pyridine rings is 1. The maximum Gasteiger partial charge on any atom is 0.229 e. The molecular weight excluding hydrogens is 340 g/mol. The fourth-order valence-electron chi connectivity index (χ4n) is 3.58. The van der Waals surface area contributed by atoms with E-state index in [9.17, 15) is 0 Å². The number of rotatable bonds is 4. The number of anilines is 1. The number of aryl methyl sites for hydroxylation is 1. The number of para-hydroxylation sites is 1. The summed E-state index contributed by atoms with van der Waals surface area (Å²) in [5.41, 5.74) is 2.74. The van der Waals surface area contributed by atoms with E-state index < -0.39 is 0 Å². The summed E-state index contributed by atoms with van der Waals surface area (Å²) in [7, 11) is 0. The van der Waals surface area contributed by atoms with Crippen LogP contribution in [-0.2, 0) is 11.3 Å². The molecule has 1 aliphatic rings. The van der Waals surface area contributed by atoms with Gasteiger partial charge >= 0.3 is 0 Å². The maximum absolute atomic E-state index is 6.07. The van der Waals surface area contributed by atoms with Crippen molar-refractivity contribution in [1.29, 1.82) is 0 Å². The molecule has 1 aliphatic heterocycles. The lowest BCUT2D eigenvalue weighted by Gasteiger charge is -2.18. The van der Waals surface area contributed by atoms with Gasteiger partial charge < -0.3 is 9.64 Å². The second-order valence-electron chi connectivity index (χ2n) is 6.81. The van der Waals surface area contributed by atoms with Gasteiger partial charge in [-0.05, 0) is 37.6 Å². The van der Waals surface area contributed by atoms with E-state index in [0.29, 0.717) is 6.61 Å². The molecule has 7 heteroatoms. The zero-order chi connectivity index (χ0) is 18.2. The van der Waals surface area contributed by atoms with Crippen LogP contribution in [0.5, 0.6) is 0 Å². The molecule has 1 unspecified atom stereocenters. The average molecular weight is 360 g/mol. The van der Waals surface area contributed by atoms with Crippen molar-refractivity contribution < 1.29 is 4.74 Å². The molecule has 4 aromatic rings. The Morgan fingerprint density at radius 1 is 1.11 bits per heavy atom. The highest BCUT2D eigenvalue weighted by Gasteiger charge is 2.27. The summed E-state index contributed by atoms with van der Waals surface area (Å²) < 4.78 is 7.93. The Balaban J connectivity index is 1.42. The van der Waals surface area contributed by atoms with Gasteiger partial charge in [-0.25, -0.2) is 9.97 Å². The molecule has 0 aliphatic carbocycles. The van der Waals surface area contributed by atoms with Crippen LogP contribution in [0.15, 0.2) is 48.7 Å². The Hall–Kier alpha value is -3.06. The van der Waals surface area contributed by atoms with E-state index in [1.807, 2.05) is 53.9 Å². The summed E-state index contributed by atoms with van der Waals surface area (Å²) in [4.78, 5) is 16.0. The third-order valence-corrected chi connectivity index (χ3v) is 4.89. The van der Waals surface area contributed by atoms with Gasteiger partial charge in [-0.3, -0.25) is 4.98 Å². The van der Waals surface area contributed by atoms with E-state index in [-0.39, 0.29) is 6.10 Å². The molecule has 4 heterocycles. The normalized spacial score (nSPS) is 17.2. The van der Waals surface area contributed by atoms with Gasteiger partial charge in [-0.2, -0.15) is 4.52 Å². The average Bonchev–Trinajstić information content (AvgIpc) is 3.33. The molecular formula is C20H20N6O. The van der Waals surface area contributed by atoms with E-state index in [1.165, 1.54) is 0 Å². The largest absolute Gasteiger partial charge is 0.370 e.